The molecule has 0 aliphatic heterocycles. The van der Waals surface area contributed by atoms with E-state index in [9.17, 15) is 8.42 Å². The van der Waals surface area contributed by atoms with Crippen LogP contribution >= 0.6 is 0 Å². The second-order valence-corrected chi connectivity index (χ2v) is 6.33. The van der Waals surface area contributed by atoms with Gasteiger partial charge in [0.25, 0.3) is 0 Å². The van der Waals surface area contributed by atoms with Gasteiger partial charge in [0.05, 0.1) is 4.90 Å². The summed E-state index contributed by atoms with van der Waals surface area (Å²) in [5.41, 5.74) is 8.83. The SMILES string of the molecule is CC(C)=CCNS(=O)(=O)c1cc(N)cc(C)c1C. The van der Waals surface area contributed by atoms with Crippen molar-refractivity contribution in [3.63, 3.8) is 0 Å². The maximum Gasteiger partial charge on any atom is 0.241 e. The van der Waals surface area contributed by atoms with Crippen molar-refractivity contribution >= 4 is 15.7 Å². The Morgan fingerprint density at radius 2 is 1.94 bits per heavy atom. The van der Waals surface area contributed by atoms with Gasteiger partial charge in [0, 0.05) is 12.2 Å². The molecule has 0 amide bonds. The van der Waals surface area contributed by atoms with Gasteiger partial charge < -0.3 is 5.73 Å². The summed E-state index contributed by atoms with van der Waals surface area (Å²) in [5, 5.41) is 0. The fourth-order valence-corrected chi connectivity index (χ4v) is 2.88. The fourth-order valence-electron chi connectivity index (χ4n) is 1.57. The topological polar surface area (TPSA) is 72.2 Å². The first kappa shape index (κ1) is 14.7. The Morgan fingerprint density at radius 1 is 1.33 bits per heavy atom. The molecular weight excluding hydrogens is 248 g/mol. The van der Waals surface area contributed by atoms with E-state index >= 15 is 0 Å². The lowest BCUT2D eigenvalue weighted by Crippen LogP contribution is -2.25. The number of sulfonamides is 1. The van der Waals surface area contributed by atoms with E-state index in [2.05, 4.69) is 4.72 Å². The number of rotatable bonds is 4. The third-order valence-electron chi connectivity index (χ3n) is 2.72. The molecule has 5 heteroatoms. The largest absolute Gasteiger partial charge is 0.399 e. The van der Waals surface area contributed by atoms with Gasteiger partial charge in [-0.2, -0.15) is 0 Å². The molecule has 4 nitrogen and oxygen atoms in total. The number of nitrogens with two attached hydrogens (primary N) is 1. The van der Waals surface area contributed by atoms with Crippen LogP contribution in [-0.4, -0.2) is 15.0 Å². The fraction of sp³-hybridized carbons (Fsp3) is 0.385. The van der Waals surface area contributed by atoms with E-state index in [1.807, 2.05) is 26.8 Å². The maximum absolute atomic E-state index is 12.1. The van der Waals surface area contributed by atoms with Crippen LogP contribution in [0, 0.1) is 13.8 Å². The molecule has 0 aromatic heterocycles. The second kappa shape index (κ2) is 5.54. The van der Waals surface area contributed by atoms with E-state index in [0.717, 1.165) is 16.7 Å². The minimum Gasteiger partial charge on any atom is -0.399 e. The molecule has 18 heavy (non-hydrogen) atoms. The van der Waals surface area contributed by atoms with Gasteiger partial charge in [-0.3, -0.25) is 0 Å². The van der Waals surface area contributed by atoms with Crippen LogP contribution < -0.4 is 10.5 Å². The zero-order chi connectivity index (χ0) is 13.9. The third kappa shape index (κ3) is 3.58. The molecule has 0 fully saturated rings. The Hall–Kier alpha value is -1.33. The standard InChI is InChI=1S/C13H20N2O2S/c1-9(2)5-6-15-18(16,17)13-8-12(14)7-10(3)11(13)4/h5,7-8,15H,6,14H2,1-4H3. The summed E-state index contributed by atoms with van der Waals surface area (Å²) in [6.45, 7) is 7.76. The van der Waals surface area contributed by atoms with Gasteiger partial charge in [-0.05, 0) is 51.0 Å². The molecule has 0 atom stereocenters. The number of allylic oxidation sites excluding steroid dienone is 1. The van der Waals surface area contributed by atoms with Crippen molar-refractivity contribution in [2.45, 2.75) is 32.6 Å². The van der Waals surface area contributed by atoms with Crippen LogP contribution in [0.5, 0.6) is 0 Å². The summed E-state index contributed by atoms with van der Waals surface area (Å²) in [5.74, 6) is 0. The van der Waals surface area contributed by atoms with Crippen LogP contribution in [0.25, 0.3) is 0 Å². The monoisotopic (exact) mass is 268 g/mol. The van der Waals surface area contributed by atoms with Crippen molar-refractivity contribution in [2.24, 2.45) is 0 Å². The number of benzene rings is 1. The van der Waals surface area contributed by atoms with Crippen molar-refractivity contribution in [2.75, 3.05) is 12.3 Å². The molecule has 0 unspecified atom stereocenters. The molecule has 3 N–H and O–H groups in total. The first-order valence-corrected chi connectivity index (χ1v) is 7.22. The average molecular weight is 268 g/mol. The molecule has 0 spiro atoms. The summed E-state index contributed by atoms with van der Waals surface area (Å²) in [6.07, 6.45) is 1.83. The number of hydrogen-bond donors (Lipinski definition) is 2. The highest BCUT2D eigenvalue weighted by atomic mass is 32.2. The molecule has 0 saturated carbocycles. The number of nitrogens with one attached hydrogen (secondary N) is 1. The van der Waals surface area contributed by atoms with Gasteiger partial charge in [-0.15, -0.1) is 0 Å². The summed E-state index contributed by atoms with van der Waals surface area (Å²) in [7, 11) is -3.51. The van der Waals surface area contributed by atoms with Crippen molar-refractivity contribution in [1.82, 2.24) is 4.72 Å². The van der Waals surface area contributed by atoms with Crippen LogP contribution in [0.15, 0.2) is 28.7 Å². The molecule has 0 aliphatic rings. The number of anilines is 1. The highest BCUT2D eigenvalue weighted by Gasteiger charge is 2.17. The first-order chi connectivity index (χ1) is 8.24. The summed E-state index contributed by atoms with van der Waals surface area (Å²) in [4.78, 5) is 0.252. The zero-order valence-corrected chi connectivity index (χ0v) is 12.1. The van der Waals surface area contributed by atoms with Crippen LogP contribution in [-0.2, 0) is 10.0 Å². The van der Waals surface area contributed by atoms with E-state index in [-0.39, 0.29) is 11.4 Å². The molecule has 1 rings (SSSR count). The molecule has 1 aromatic carbocycles. The smallest absolute Gasteiger partial charge is 0.241 e. The van der Waals surface area contributed by atoms with E-state index in [0.29, 0.717) is 5.69 Å². The summed E-state index contributed by atoms with van der Waals surface area (Å²) in [6, 6.07) is 3.26. The van der Waals surface area contributed by atoms with Crippen LogP contribution in [0.2, 0.25) is 0 Å². The number of hydrogen-bond acceptors (Lipinski definition) is 3. The molecule has 100 valence electrons. The Labute approximate surface area is 109 Å². The summed E-state index contributed by atoms with van der Waals surface area (Å²) >= 11 is 0. The van der Waals surface area contributed by atoms with E-state index < -0.39 is 10.0 Å². The van der Waals surface area contributed by atoms with Crippen LogP contribution in [0.3, 0.4) is 0 Å². The zero-order valence-electron chi connectivity index (χ0n) is 11.2. The average Bonchev–Trinajstić information content (AvgIpc) is 2.22. The van der Waals surface area contributed by atoms with Gasteiger partial charge in [-0.25, -0.2) is 13.1 Å². The minimum atomic E-state index is -3.51. The summed E-state index contributed by atoms with van der Waals surface area (Å²) < 4.78 is 26.8. The highest BCUT2D eigenvalue weighted by molar-refractivity contribution is 7.89. The van der Waals surface area contributed by atoms with Gasteiger partial charge in [0.2, 0.25) is 10.0 Å². The van der Waals surface area contributed by atoms with Gasteiger partial charge in [0.1, 0.15) is 0 Å². The normalized spacial score (nSPS) is 11.3. The Balaban J connectivity index is 3.09. The first-order valence-electron chi connectivity index (χ1n) is 5.74. The lowest BCUT2D eigenvalue weighted by molar-refractivity contribution is 0.585. The quantitative estimate of drug-likeness (QED) is 0.649. The molecule has 0 aliphatic carbocycles. The van der Waals surface area contributed by atoms with E-state index in [1.165, 1.54) is 6.07 Å². The minimum absolute atomic E-state index is 0.252. The lowest BCUT2D eigenvalue weighted by Gasteiger charge is -2.11. The van der Waals surface area contributed by atoms with Crippen LogP contribution in [0.1, 0.15) is 25.0 Å². The molecule has 1 aromatic rings. The van der Waals surface area contributed by atoms with Gasteiger partial charge >= 0.3 is 0 Å². The van der Waals surface area contributed by atoms with Crippen LogP contribution in [0.4, 0.5) is 5.69 Å². The van der Waals surface area contributed by atoms with E-state index in [4.69, 9.17) is 5.73 Å². The maximum atomic E-state index is 12.1. The molecule has 0 bridgehead atoms. The Morgan fingerprint density at radius 3 is 2.50 bits per heavy atom. The Bertz CT molecular complexity index is 571. The number of aryl methyl sites for hydroxylation is 1. The van der Waals surface area contributed by atoms with E-state index in [1.54, 1.807) is 13.0 Å². The molecule has 0 radical (unpaired) electrons. The number of nitrogen functional groups attached to an aromatic ring is 1. The van der Waals surface area contributed by atoms with Gasteiger partial charge in [-0.1, -0.05) is 11.6 Å². The lowest BCUT2D eigenvalue weighted by atomic mass is 10.1. The molecule has 0 heterocycles. The van der Waals surface area contributed by atoms with Crippen molar-refractivity contribution in [3.8, 4) is 0 Å². The van der Waals surface area contributed by atoms with Gasteiger partial charge in [0.15, 0.2) is 0 Å². The van der Waals surface area contributed by atoms with Crippen molar-refractivity contribution in [1.29, 1.82) is 0 Å². The third-order valence-corrected chi connectivity index (χ3v) is 4.26. The van der Waals surface area contributed by atoms with Crippen molar-refractivity contribution in [3.05, 3.63) is 34.9 Å². The van der Waals surface area contributed by atoms with Crippen molar-refractivity contribution < 1.29 is 8.42 Å². The Kier molecular flexibility index (Phi) is 4.53. The second-order valence-electron chi connectivity index (χ2n) is 4.59. The predicted molar refractivity (Wildman–Crippen MR) is 74.9 cm³/mol. The predicted octanol–water partition coefficient (Wildman–Crippen LogP) is 2.13. The molecule has 0 saturated heterocycles. The highest BCUT2D eigenvalue weighted by Crippen LogP contribution is 2.22. The molecular formula is C13H20N2O2S.